The Morgan fingerprint density at radius 1 is 1.67 bits per heavy atom. The van der Waals surface area contributed by atoms with E-state index in [1.165, 1.54) is 6.20 Å². The molecule has 0 fully saturated rings. The Labute approximate surface area is 68.0 Å². The summed E-state index contributed by atoms with van der Waals surface area (Å²) in [6, 6.07) is 0. The zero-order valence-electron chi connectivity index (χ0n) is 6.15. The summed E-state index contributed by atoms with van der Waals surface area (Å²) in [4.78, 5) is 18.1. The summed E-state index contributed by atoms with van der Waals surface area (Å²) < 4.78 is 5.05. The van der Waals surface area contributed by atoms with E-state index >= 15 is 0 Å². The molecule has 0 aliphatic carbocycles. The van der Waals surface area contributed by atoms with Crippen molar-refractivity contribution in [2.24, 2.45) is 0 Å². The van der Waals surface area contributed by atoms with Gasteiger partial charge >= 0.3 is 5.97 Å². The summed E-state index contributed by atoms with van der Waals surface area (Å²) in [7, 11) is 0. The number of carboxylic acids is 1. The Bertz CT molecular complexity index is 337. The quantitative estimate of drug-likeness (QED) is 0.641. The Kier molecular flexibility index (Phi) is 1.43. The first-order valence-corrected chi connectivity index (χ1v) is 3.49. The van der Waals surface area contributed by atoms with E-state index in [9.17, 15) is 4.79 Å². The number of hydrogen-bond acceptors (Lipinski definition) is 4. The highest BCUT2D eigenvalue weighted by Crippen LogP contribution is 2.19. The maximum Gasteiger partial charge on any atom is 0.356 e. The molecule has 1 aliphatic rings. The fourth-order valence-corrected chi connectivity index (χ4v) is 1.03. The Balaban J connectivity index is 2.45. The molecule has 0 saturated carbocycles. The van der Waals surface area contributed by atoms with Gasteiger partial charge in [0.1, 0.15) is 5.69 Å². The molecule has 1 aliphatic heterocycles. The molecular formula is C7H6N2O3. The third kappa shape index (κ3) is 0.990. The van der Waals surface area contributed by atoms with Gasteiger partial charge in [0.2, 0.25) is 5.88 Å². The fraction of sp³-hybridized carbons (Fsp3) is 0.286. The van der Waals surface area contributed by atoms with Gasteiger partial charge in [0.05, 0.1) is 12.8 Å². The van der Waals surface area contributed by atoms with Crippen LogP contribution < -0.4 is 4.74 Å². The summed E-state index contributed by atoms with van der Waals surface area (Å²) >= 11 is 0. The van der Waals surface area contributed by atoms with Gasteiger partial charge in [-0.15, -0.1) is 0 Å². The lowest BCUT2D eigenvalue weighted by molar-refractivity contribution is 0.0689. The average Bonchev–Trinajstić information content (AvgIpc) is 2.49. The number of hydrogen-bond donors (Lipinski definition) is 1. The van der Waals surface area contributed by atoms with Crippen molar-refractivity contribution in [3.05, 3.63) is 17.6 Å². The van der Waals surface area contributed by atoms with Crippen molar-refractivity contribution in [1.29, 1.82) is 0 Å². The number of aromatic nitrogens is 2. The molecule has 0 aromatic carbocycles. The minimum absolute atomic E-state index is 0.0735. The number of carboxylic acid groups (broad SMARTS) is 1. The lowest BCUT2D eigenvalue weighted by Crippen LogP contribution is -2.02. The van der Waals surface area contributed by atoms with E-state index in [1.807, 2.05) is 0 Å². The molecule has 0 spiro atoms. The van der Waals surface area contributed by atoms with Crippen molar-refractivity contribution in [3.63, 3.8) is 0 Å². The predicted octanol–water partition coefficient (Wildman–Crippen LogP) is 0.110. The average molecular weight is 166 g/mol. The monoisotopic (exact) mass is 166 g/mol. The number of rotatable bonds is 1. The molecule has 1 aromatic rings. The highest BCUT2D eigenvalue weighted by molar-refractivity contribution is 5.85. The summed E-state index contributed by atoms with van der Waals surface area (Å²) in [5.74, 6) is -0.726. The van der Waals surface area contributed by atoms with Crippen molar-refractivity contribution in [2.75, 3.05) is 6.61 Å². The van der Waals surface area contributed by atoms with Gasteiger partial charge in [0, 0.05) is 6.42 Å². The first kappa shape index (κ1) is 7.02. The van der Waals surface area contributed by atoms with E-state index in [0.29, 0.717) is 18.9 Å². The molecule has 5 heteroatoms. The van der Waals surface area contributed by atoms with Gasteiger partial charge in [-0.2, -0.15) is 0 Å². The summed E-state index contributed by atoms with van der Waals surface area (Å²) in [6.07, 6.45) is 1.96. The van der Waals surface area contributed by atoms with E-state index in [4.69, 9.17) is 9.84 Å². The molecule has 0 radical (unpaired) electrons. The van der Waals surface area contributed by atoms with Crippen LogP contribution in [0.4, 0.5) is 0 Å². The first-order valence-electron chi connectivity index (χ1n) is 3.49. The summed E-state index contributed by atoms with van der Waals surface area (Å²) in [6.45, 7) is 0.540. The van der Waals surface area contributed by atoms with Gasteiger partial charge in [0.25, 0.3) is 0 Å². The zero-order chi connectivity index (χ0) is 8.55. The number of ether oxygens (including phenoxy) is 1. The smallest absolute Gasteiger partial charge is 0.356 e. The molecule has 0 atom stereocenters. The van der Waals surface area contributed by atoms with Crippen LogP contribution in [0, 0.1) is 0 Å². The number of fused-ring (bicyclic) bond motifs is 1. The van der Waals surface area contributed by atoms with Crippen molar-refractivity contribution >= 4 is 5.97 Å². The Morgan fingerprint density at radius 3 is 3.25 bits per heavy atom. The van der Waals surface area contributed by atoms with Crippen LogP contribution in [-0.2, 0) is 6.42 Å². The second-order valence-electron chi connectivity index (χ2n) is 2.41. The molecule has 5 nitrogen and oxygen atoms in total. The van der Waals surface area contributed by atoms with Crippen LogP contribution in [0.2, 0.25) is 0 Å². The van der Waals surface area contributed by atoms with Crippen molar-refractivity contribution in [1.82, 2.24) is 9.97 Å². The third-order valence-corrected chi connectivity index (χ3v) is 1.61. The SMILES string of the molecule is O=C(O)c1cnc2c(n1)OCC2. The van der Waals surface area contributed by atoms with Crippen LogP contribution in [0.5, 0.6) is 5.88 Å². The van der Waals surface area contributed by atoms with E-state index in [0.717, 1.165) is 5.69 Å². The lowest BCUT2D eigenvalue weighted by atomic mass is 10.3. The molecule has 12 heavy (non-hydrogen) atoms. The molecule has 0 bridgehead atoms. The van der Waals surface area contributed by atoms with Crippen molar-refractivity contribution in [2.45, 2.75) is 6.42 Å². The van der Waals surface area contributed by atoms with Crippen LogP contribution in [0.15, 0.2) is 6.20 Å². The predicted molar refractivity (Wildman–Crippen MR) is 38.2 cm³/mol. The Hall–Kier alpha value is -1.65. The first-order chi connectivity index (χ1) is 5.77. The van der Waals surface area contributed by atoms with Crippen LogP contribution in [-0.4, -0.2) is 27.7 Å². The van der Waals surface area contributed by atoms with Gasteiger partial charge in [-0.25, -0.2) is 9.78 Å². The minimum Gasteiger partial charge on any atom is -0.476 e. The molecule has 1 aromatic heterocycles. The third-order valence-electron chi connectivity index (χ3n) is 1.61. The maximum absolute atomic E-state index is 10.4. The highest BCUT2D eigenvalue weighted by atomic mass is 16.5. The number of aromatic carboxylic acids is 1. The fourth-order valence-electron chi connectivity index (χ4n) is 1.03. The number of nitrogens with zero attached hydrogens (tertiary/aromatic N) is 2. The summed E-state index contributed by atoms with van der Waals surface area (Å²) in [5.41, 5.74) is 0.663. The second-order valence-corrected chi connectivity index (χ2v) is 2.41. The van der Waals surface area contributed by atoms with Gasteiger partial charge in [-0.3, -0.25) is 4.98 Å². The second kappa shape index (κ2) is 2.44. The topological polar surface area (TPSA) is 72.3 Å². The molecule has 2 heterocycles. The molecule has 0 amide bonds. The van der Waals surface area contributed by atoms with Crippen molar-refractivity contribution < 1.29 is 14.6 Å². The normalized spacial score (nSPS) is 13.7. The maximum atomic E-state index is 10.4. The van der Waals surface area contributed by atoms with Crippen LogP contribution >= 0.6 is 0 Å². The molecular weight excluding hydrogens is 160 g/mol. The standard InChI is InChI=1S/C7H6N2O3/c10-7(11)5-3-8-4-1-2-12-6(4)9-5/h3H,1-2H2,(H,10,11). The van der Waals surface area contributed by atoms with Gasteiger partial charge < -0.3 is 9.84 Å². The molecule has 1 N–H and O–H groups in total. The highest BCUT2D eigenvalue weighted by Gasteiger charge is 2.17. The molecule has 0 saturated heterocycles. The Morgan fingerprint density at radius 2 is 2.50 bits per heavy atom. The zero-order valence-corrected chi connectivity index (χ0v) is 6.15. The minimum atomic E-state index is -1.08. The molecule has 0 unspecified atom stereocenters. The molecule has 2 rings (SSSR count). The van der Waals surface area contributed by atoms with E-state index in [1.54, 1.807) is 0 Å². The van der Waals surface area contributed by atoms with Gasteiger partial charge in [-0.05, 0) is 0 Å². The van der Waals surface area contributed by atoms with Crippen LogP contribution in [0.1, 0.15) is 16.2 Å². The molecule has 62 valence electrons. The number of carbonyl (C=O) groups is 1. The van der Waals surface area contributed by atoms with Crippen LogP contribution in [0.3, 0.4) is 0 Å². The van der Waals surface area contributed by atoms with Gasteiger partial charge in [-0.1, -0.05) is 0 Å². The lowest BCUT2D eigenvalue weighted by Gasteiger charge is -1.97. The van der Waals surface area contributed by atoms with E-state index in [-0.39, 0.29) is 5.69 Å². The van der Waals surface area contributed by atoms with Crippen molar-refractivity contribution in [3.8, 4) is 5.88 Å². The summed E-state index contributed by atoms with van der Waals surface area (Å²) in [5, 5.41) is 8.56. The van der Waals surface area contributed by atoms with E-state index in [2.05, 4.69) is 9.97 Å². The van der Waals surface area contributed by atoms with E-state index < -0.39 is 5.97 Å². The van der Waals surface area contributed by atoms with Crippen LogP contribution in [0.25, 0.3) is 0 Å². The largest absolute Gasteiger partial charge is 0.476 e. The van der Waals surface area contributed by atoms with Gasteiger partial charge in [0.15, 0.2) is 5.69 Å².